The lowest BCUT2D eigenvalue weighted by Crippen LogP contribution is -2.36. The van der Waals surface area contributed by atoms with E-state index in [0.29, 0.717) is 23.2 Å². The Morgan fingerprint density at radius 3 is 2.61 bits per heavy atom. The van der Waals surface area contributed by atoms with E-state index in [-0.39, 0.29) is 42.1 Å². The Labute approximate surface area is 196 Å². The summed E-state index contributed by atoms with van der Waals surface area (Å²) in [5.41, 5.74) is -0.236. The van der Waals surface area contributed by atoms with E-state index < -0.39 is 17.7 Å². The van der Waals surface area contributed by atoms with E-state index >= 15 is 0 Å². The molecule has 12 heteroatoms. The van der Waals surface area contributed by atoms with Crippen LogP contribution in [0.2, 0.25) is 0 Å². The molecule has 0 aliphatic heterocycles. The highest BCUT2D eigenvalue weighted by Crippen LogP contribution is 2.30. The van der Waals surface area contributed by atoms with Crippen LogP contribution in [0.25, 0.3) is 0 Å². The molecule has 31 heavy (non-hydrogen) atoms. The molecule has 0 unspecified atom stereocenters. The third-order valence-electron chi connectivity index (χ3n) is 3.78. The molecule has 3 aromatic rings. The molecule has 2 N–H and O–H groups in total. The minimum Gasteiger partial charge on any atom is -0.439 e. The molecule has 0 atom stereocenters. The number of ether oxygens (including phenoxy) is 1. The van der Waals surface area contributed by atoms with Gasteiger partial charge < -0.3 is 15.4 Å². The number of thiazole rings is 1. The van der Waals surface area contributed by atoms with Crippen LogP contribution < -0.4 is 15.4 Å². The van der Waals surface area contributed by atoms with Crippen molar-refractivity contribution in [2.24, 2.45) is 4.99 Å². The molecule has 0 fully saturated rings. The first-order valence-electron chi connectivity index (χ1n) is 8.68. The molecule has 0 aliphatic rings. The van der Waals surface area contributed by atoms with Crippen molar-refractivity contribution in [1.29, 1.82) is 0 Å². The molecule has 0 amide bonds. The van der Waals surface area contributed by atoms with E-state index in [0.717, 1.165) is 16.7 Å². The molecule has 6 nitrogen and oxygen atoms in total. The molecule has 2 heterocycles. The van der Waals surface area contributed by atoms with Crippen LogP contribution in [0.5, 0.6) is 11.6 Å². The van der Waals surface area contributed by atoms with Gasteiger partial charge in [-0.15, -0.1) is 35.3 Å². The summed E-state index contributed by atoms with van der Waals surface area (Å²) in [7, 11) is 1.53. The van der Waals surface area contributed by atoms with Gasteiger partial charge in [-0.1, -0.05) is 12.1 Å². The van der Waals surface area contributed by atoms with Gasteiger partial charge in [0.1, 0.15) is 16.6 Å². The van der Waals surface area contributed by atoms with Crippen LogP contribution in [-0.4, -0.2) is 23.0 Å². The summed E-state index contributed by atoms with van der Waals surface area (Å²) < 4.78 is 56.9. The molecule has 1 aromatic carbocycles. The quantitative estimate of drug-likeness (QED) is 0.191. The number of benzene rings is 1. The van der Waals surface area contributed by atoms with Gasteiger partial charge in [0, 0.05) is 36.8 Å². The largest absolute Gasteiger partial charge is 0.439 e. The maximum atomic E-state index is 13.4. The summed E-state index contributed by atoms with van der Waals surface area (Å²) in [6, 6.07) is 9.19. The van der Waals surface area contributed by atoms with Crippen LogP contribution in [0, 0.1) is 5.82 Å². The van der Waals surface area contributed by atoms with Crippen molar-refractivity contribution >= 4 is 41.3 Å². The van der Waals surface area contributed by atoms with E-state index in [2.05, 4.69) is 25.6 Å². The van der Waals surface area contributed by atoms with Gasteiger partial charge >= 0.3 is 6.18 Å². The van der Waals surface area contributed by atoms with Gasteiger partial charge in [0.15, 0.2) is 11.7 Å². The topological polar surface area (TPSA) is 71.4 Å². The number of alkyl halides is 3. The Balaban J connectivity index is 0.00000341. The van der Waals surface area contributed by atoms with E-state index in [1.807, 2.05) is 0 Å². The maximum Gasteiger partial charge on any atom is 0.434 e. The van der Waals surface area contributed by atoms with Crippen molar-refractivity contribution in [1.82, 2.24) is 20.6 Å². The first kappa shape index (κ1) is 24.8. The van der Waals surface area contributed by atoms with E-state index in [1.54, 1.807) is 24.4 Å². The summed E-state index contributed by atoms with van der Waals surface area (Å²) in [6.45, 7) is 0.351. The molecule has 0 saturated carbocycles. The van der Waals surface area contributed by atoms with Crippen molar-refractivity contribution in [2.45, 2.75) is 19.3 Å². The normalized spacial score (nSPS) is 11.6. The third kappa shape index (κ3) is 7.31. The van der Waals surface area contributed by atoms with Crippen molar-refractivity contribution < 1.29 is 22.3 Å². The SMILES string of the molecule is CN=C(NCc1nc(C(F)(F)F)cs1)NCc1cccnc1Oc1cccc(F)c1.I. The zero-order valence-electron chi connectivity index (χ0n) is 16.1. The van der Waals surface area contributed by atoms with Gasteiger partial charge in [0.2, 0.25) is 5.88 Å². The number of rotatable bonds is 6. The molecule has 0 aliphatic carbocycles. The van der Waals surface area contributed by atoms with Crippen LogP contribution in [0.15, 0.2) is 53.0 Å². The van der Waals surface area contributed by atoms with Gasteiger partial charge in [-0.05, 0) is 18.2 Å². The molecule has 2 aromatic heterocycles. The summed E-state index contributed by atoms with van der Waals surface area (Å²) >= 11 is 0.911. The van der Waals surface area contributed by atoms with Crippen molar-refractivity contribution in [3.05, 3.63) is 70.1 Å². The van der Waals surface area contributed by atoms with E-state index in [1.165, 1.54) is 25.2 Å². The molecular weight excluding hydrogens is 549 g/mol. The summed E-state index contributed by atoms with van der Waals surface area (Å²) in [5, 5.41) is 7.19. The van der Waals surface area contributed by atoms with Crippen LogP contribution in [0.4, 0.5) is 17.6 Å². The predicted octanol–water partition coefficient (Wildman–Crippen LogP) is 4.97. The standard InChI is InChI=1S/C19H17F4N5OS.HI/c1-24-18(27-10-16-28-15(11-30-16)19(21,22)23)26-9-12-4-3-7-25-17(12)29-14-6-2-5-13(20)8-14;/h2-8,11H,9-10H2,1H3,(H2,24,26,27);1H. The maximum absolute atomic E-state index is 13.4. The zero-order valence-corrected chi connectivity index (χ0v) is 19.3. The summed E-state index contributed by atoms with van der Waals surface area (Å²) in [5.74, 6) is 0.533. The van der Waals surface area contributed by atoms with Gasteiger partial charge in [-0.25, -0.2) is 14.4 Å². The Hall–Kier alpha value is -2.48. The monoisotopic (exact) mass is 567 g/mol. The van der Waals surface area contributed by atoms with E-state index in [9.17, 15) is 17.6 Å². The van der Waals surface area contributed by atoms with Gasteiger partial charge in [0.25, 0.3) is 0 Å². The Bertz CT molecular complexity index is 1030. The number of aliphatic imine (C=N–C) groups is 1. The number of nitrogens with zero attached hydrogens (tertiary/aromatic N) is 3. The first-order chi connectivity index (χ1) is 14.3. The highest BCUT2D eigenvalue weighted by atomic mass is 127. The highest BCUT2D eigenvalue weighted by Gasteiger charge is 2.33. The fraction of sp³-hybridized carbons (Fsp3) is 0.211. The number of pyridine rings is 1. The lowest BCUT2D eigenvalue weighted by atomic mass is 10.2. The molecule has 0 bridgehead atoms. The number of guanidine groups is 1. The summed E-state index contributed by atoms with van der Waals surface area (Å²) in [4.78, 5) is 11.8. The Kier molecular flexibility index (Phi) is 8.98. The second-order valence-corrected chi connectivity index (χ2v) is 6.87. The fourth-order valence-electron chi connectivity index (χ4n) is 2.37. The van der Waals surface area contributed by atoms with Crippen molar-refractivity contribution in [3.8, 4) is 11.6 Å². The van der Waals surface area contributed by atoms with E-state index in [4.69, 9.17) is 4.74 Å². The van der Waals surface area contributed by atoms with Crippen molar-refractivity contribution in [3.63, 3.8) is 0 Å². The number of hydrogen-bond donors (Lipinski definition) is 2. The Morgan fingerprint density at radius 2 is 1.94 bits per heavy atom. The average molecular weight is 567 g/mol. The highest BCUT2D eigenvalue weighted by molar-refractivity contribution is 14.0. The third-order valence-corrected chi connectivity index (χ3v) is 4.63. The second-order valence-electron chi connectivity index (χ2n) is 5.93. The minimum atomic E-state index is -4.47. The predicted molar refractivity (Wildman–Crippen MR) is 120 cm³/mol. The number of hydrogen-bond acceptors (Lipinski definition) is 5. The smallest absolute Gasteiger partial charge is 0.434 e. The minimum absolute atomic E-state index is 0. The lowest BCUT2D eigenvalue weighted by Gasteiger charge is -2.13. The number of aromatic nitrogens is 2. The summed E-state index contributed by atoms with van der Waals surface area (Å²) in [6.07, 6.45) is -2.92. The van der Waals surface area contributed by atoms with Gasteiger partial charge in [-0.2, -0.15) is 13.2 Å². The van der Waals surface area contributed by atoms with Crippen LogP contribution in [-0.2, 0) is 19.3 Å². The van der Waals surface area contributed by atoms with Crippen LogP contribution in [0.3, 0.4) is 0 Å². The zero-order chi connectivity index (χ0) is 21.6. The van der Waals surface area contributed by atoms with Gasteiger partial charge in [-0.3, -0.25) is 4.99 Å². The first-order valence-corrected chi connectivity index (χ1v) is 9.56. The molecule has 0 spiro atoms. The average Bonchev–Trinajstić information content (AvgIpc) is 3.19. The lowest BCUT2D eigenvalue weighted by molar-refractivity contribution is -0.140. The molecule has 0 radical (unpaired) electrons. The number of nitrogens with one attached hydrogen (secondary N) is 2. The van der Waals surface area contributed by atoms with Gasteiger partial charge in [0.05, 0.1) is 6.54 Å². The fourth-order valence-corrected chi connectivity index (χ4v) is 3.11. The molecule has 166 valence electrons. The molecular formula is C19H18F4IN5OS. The van der Waals surface area contributed by atoms with Crippen LogP contribution in [0.1, 0.15) is 16.3 Å². The van der Waals surface area contributed by atoms with Crippen LogP contribution >= 0.6 is 35.3 Å². The Morgan fingerprint density at radius 1 is 1.16 bits per heavy atom. The molecule has 3 rings (SSSR count). The van der Waals surface area contributed by atoms with Crippen molar-refractivity contribution in [2.75, 3.05) is 7.05 Å². The second kappa shape index (κ2) is 11.2. The molecule has 0 saturated heterocycles. The number of halogens is 5.